The molecule has 3 rings (SSSR count). The van der Waals surface area contributed by atoms with E-state index in [0.717, 1.165) is 0 Å². The number of hydrogen-bond donors (Lipinski definition) is 2. The first-order chi connectivity index (χ1) is 12.2. The number of carbonyl (C=O) groups is 2. The van der Waals surface area contributed by atoms with E-state index in [1.807, 2.05) is 0 Å². The Morgan fingerprint density at radius 2 is 1.92 bits per heavy atom. The van der Waals surface area contributed by atoms with Crippen LogP contribution in [0.3, 0.4) is 0 Å². The van der Waals surface area contributed by atoms with Gasteiger partial charge in [0.25, 0.3) is 5.91 Å². The van der Waals surface area contributed by atoms with Gasteiger partial charge in [-0.25, -0.2) is 4.39 Å². The van der Waals surface area contributed by atoms with Gasteiger partial charge < -0.3 is 15.2 Å². The molecule has 0 bridgehead atoms. The molecule has 1 unspecified atom stereocenters. The van der Waals surface area contributed by atoms with Gasteiger partial charge in [0.2, 0.25) is 0 Å². The van der Waals surface area contributed by atoms with E-state index in [1.165, 1.54) is 31.2 Å². The summed E-state index contributed by atoms with van der Waals surface area (Å²) in [6.07, 6.45) is 2.90. The van der Waals surface area contributed by atoms with Crippen LogP contribution in [0.15, 0.2) is 47.7 Å². The number of aliphatic hydroxyl groups excluding tert-OH is 1. The highest BCUT2D eigenvalue weighted by Gasteiger charge is 2.45. The van der Waals surface area contributed by atoms with Crippen molar-refractivity contribution in [2.45, 2.75) is 44.9 Å². The molecule has 0 fully saturated rings. The van der Waals surface area contributed by atoms with E-state index in [2.05, 4.69) is 5.32 Å². The van der Waals surface area contributed by atoms with Crippen molar-refractivity contribution in [3.63, 3.8) is 0 Å². The van der Waals surface area contributed by atoms with Gasteiger partial charge in [-0.15, -0.1) is 0 Å². The maximum absolute atomic E-state index is 13.1. The standard InChI is InChI=1S/C20H22FNO4/c1-11(23)13-6-9-16-15(10-13)17(18(24)20(2,3)26-16)22-19(25)12-4-7-14(21)8-5-12/h4-9,13,17-18,24H,10H2,1-3H3,(H,22,25)/t13?,17-,18+/m0/s1. The molecule has 2 N–H and O–H groups in total. The summed E-state index contributed by atoms with van der Waals surface area (Å²) in [6, 6.07) is 4.49. The number of nitrogens with one attached hydrogen (secondary N) is 1. The molecule has 2 aliphatic rings. The van der Waals surface area contributed by atoms with E-state index >= 15 is 0 Å². The molecule has 0 saturated carbocycles. The maximum Gasteiger partial charge on any atom is 0.251 e. The lowest BCUT2D eigenvalue weighted by Crippen LogP contribution is -2.58. The van der Waals surface area contributed by atoms with Crippen LogP contribution < -0.4 is 5.32 Å². The highest BCUT2D eigenvalue weighted by Crippen LogP contribution is 2.38. The van der Waals surface area contributed by atoms with Crippen LogP contribution in [0.4, 0.5) is 4.39 Å². The second-order valence-electron chi connectivity index (χ2n) is 7.28. The minimum absolute atomic E-state index is 0.00994. The molecule has 3 atom stereocenters. The van der Waals surface area contributed by atoms with Crippen molar-refractivity contribution in [3.05, 3.63) is 59.1 Å². The number of halogens is 1. The SMILES string of the molecule is CC(=O)C1C=CC2=C(C1)[C@H](NC(=O)c1ccc(F)cc1)[C@@H](O)C(C)(C)O2. The fraction of sp³-hybridized carbons (Fsp3) is 0.400. The van der Waals surface area contributed by atoms with E-state index in [4.69, 9.17) is 4.74 Å². The van der Waals surface area contributed by atoms with Crippen LogP contribution in [0.1, 0.15) is 37.6 Å². The Morgan fingerprint density at radius 3 is 2.54 bits per heavy atom. The molecule has 1 aliphatic heterocycles. The van der Waals surface area contributed by atoms with Gasteiger partial charge in [-0.2, -0.15) is 0 Å². The number of Topliss-reactive ketones (excluding diaryl/α,β-unsaturated/α-hetero) is 1. The molecule has 0 aromatic heterocycles. The Labute approximate surface area is 151 Å². The maximum atomic E-state index is 13.1. The molecule has 1 aliphatic carbocycles. The number of ether oxygens (including phenoxy) is 1. The summed E-state index contributed by atoms with van der Waals surface area (Å²) in [6.45, 7) is 4.99. The Kier molecular flexibility index (Phi) is 4.71. The Morgan fingerprint density at radius 1 is 1.27 bits per heavy atom. The average molecular weight is 359 g/mol. The topological polar surface area (TPSA) is 75.6 Å². The summed E-state index contributed by atoms with van der Waals surface area (Å²) in [4.78, 5) is 24.3. The molecule has 1 amide bonds. The molecule has 0 saturated heterocycles. The zero-order chi connectivity index (χ0) is 19.1. The predicted octanol–water partition coefficient (Wildman–Crippen LogP) is 2.51. The number of benzene rings is 1. The van der Waals surface area contributed by atoms with Crippen LogP contribution in [0, 0.1) is 11.7 Å². The Balaban J connectivity index is 1.91. The highest BCUT2D eigenvalue weighted by molar-refractivity contribution is 5.94. The normalized spacial score (nSPS) is 26.7. The zero-order valence-corrected chi connectivity index (χ0v) is 15.0. The Hall–Kier alpha value is -2.47. The molecule has 0 radical (unpaired) electrons. The quantitative estimate of drug-likeness (QED) is 0.870. The van der Waals surface area contributed by atoms with Gasteiger partial charge in [-0.05, 0) is 63.1 Å². The number of amides is 1. The third-order valence-corrected chi connectivity index (χ3v) is 4.93. The van der Waals surface area contributed by atoms with Crippen LogP contribution in [-0.2, 0) is 9.53 Å². The molecule has 0 spiro atoms. The largest absolute Gasteiger partial charge is 0.485 e. The molecular weight excluding hydrogens is 337 g/mol. The molecule has 1 aromatic rings. The van der Waals surface area contributed by atoms with Gasteiger partial charge in [0.05, 0.1) is 6.04 Å². The van der Waals surface area contributed by atoms with Crippen molar-refractivity contribution in [1.29, 1.82) is 0 Å². The molecular formula is C20H22FNO4. The van der Waals surface area contributed by atoms with Crippen molar-refractivity contribution in [2.24, 2.45) is 5.92 Å². The van der Waals surface area contributed by atoms with Crippen molar-refractivity contribution < 1.29 is 23.8 Å². The number of allylic oxidation sites excluding steroid dienone is 2. The minimum Gasteiger partial charge on any atom is -0.485 e. The molecule has 1 aromatic carbocycles. The molecule has 26 heavy (non-hydrogen) atoms. The van der Waals surface area contributed by atoms with Gasteiger partial charge >= 0.3 is 0 Å². The number of ketones is 1. The number of aliphatic hydroxyl groups is 1. The summed E-state index contributed by atoms with van der Waals surface area (Å²) in [5, 5.41) is 13.6. The first-order valence-corrected chi connectivity index (χ1v) is 8.54. The summed E-state index contributed by atoms with van der Waals surface area (Å²) in [7, 11) is 0. The van der Waals surface area contributed by atoms with Crippen LogP contribution in [0.25, 0.3) is 0 Å². The van der Waals surface area contributed by atoms with E-state index < -0.39 is 29.5 Å². The van der Waals surface area contributed by atoms with E-state index in [0.29, 0.717) is 23.3 Å². The van der Waals surface area contributed by atoms with Crippen LogP contribution in [-0.4, -0.2) is 34.5 Å². The molecule has 6 heteroatoms. The zero-order valence-electron chi connectivity index (χ0n) is 15.0. The lowest BCUT2D eigenvalue weighted by atomic mass is 9.79. The van der Waals surface area contributed by atoms with Gasteiger partial charge in [0.15, 0.2) is 0 Å². The fourth-order valence-electron chi connectivity index (χ4n) is 3.30. The van der Waals surface area contributed by atoms with Gasteiger partial charge in [-0.1, -0.05) is 6.08 Å². The van der Waals surface area contributed by atoms with E-state index in [1.54, 1.807) is 26.0 Å². The Bertz CT molecular complexity index is 795. The summed E-state index contributed by atoms with van der Waals surface area (Å²) < 4.78 is 19.0. The molecule has 5 nitrogen and oxygen atoms in total. The fourth-order valence-corrected chi connectivity index (χ4v) is 3.30. The monoisotopic (exact) mass is 359 g/mol. The smallest absolute Gasteiger partial charge is 0.251 e. The first-order valence-electron chi connectivity index (χ1n) is 8.54. The van der Waals surface area contributed by atoms with Crippen LogP contribution >= 0.6 is 0 Å². The minimum atomic E-state index is -0.996. The first kappa shape index (κ1) is 18.3. The average Bonchev–Trinajstić information content (AvgIpc) is 2.58. The van der Waals surface area contributed by atoms with E-state index in [9.17, 15) is 19.1 Å². The molecule has 138 valence electrons. The van der Waals surface area contributed by atoms with Gasteiger partial charge in [0, 0.05) is 11.5 Å². The van der Waals surface area contributed by atoms with Crippen molar-refractivity contribution in [1.82, 2.24) is 5.32 Å². The van der Waals surface area contributed by atoms with Crippen LogP contribution in [0.5, 0.6) is 0 Å². The summed E-state index contributed by atoms with van der Waals surface area (Å²) >= 11 is 0. The predicted molar refractivity (Wildman–Crippen MR) is 93.8 cm³/mol. The van der Waals surface area contributed by atoms with Crippen LogP contribution in [0.2, 0.25) is 0 Å². The number of rotatable bonds is 3. The third kappa shape index (κ3) is 3.42. The van der Waals surface area contributed by atoms with E-state index in [-0.39, 0.29) is 11.7 Å². The highest BCUT2D eigenvalue weighted by atomic mass is 19.1. The van der Waals surface area contributed by atoms with Gasteiger partial charge in [-0.3, -0.25) is 9.59 Å². The lowest BCUT2D eigenvalue weighted by molar-refractivity contribution is -0.120. The van der Waals surface area contributed by atoms with Gasteiger partial charge in [0.1, 0.15) is 29.1 Å². The second kappa shape index (κ2) is 6.68. The lowest BCUT2D eigenvalue weighted by Gasteiger charge is -2.44. The van der Waals surface area contributed by atoms with Crippen molar-refractivity contribution in [3.8, 4) is 0 Å². The third-order valence-electron chi connectivity index (χ3n) is 4.93. The number of carbonyl (C=O) groups excluding carboxylic acids is 2. The number of hydrogen-bond acceptors (Lipinski definition) is 4. The summed E-state index contributed by atoms with van der Waals surface area (Å²) in [5.74, 6) is -0.582. The summed E-state index contributed by atoms with van der Waals surface area (Å²) in [5.41, 5.74) is 0.0713. The van der Waals surface area contributed by atoms with Crippen molar-refractivity contribution in [2.75, 3.05) is 0 Å². The van der Waals surface area contributed by atoms with Crippen molar-refractivity contribution >= 4 is 11.7 Å². The molecule has 1 heterocycles. The second-order valence-corrected chi connectivity index (χ2v) is 7.28.